The first kappa shape index (κ1) is 17.0. The van der Waals surface area contributed by atoms with E-state index in [1.54, 1.807) is 24.3 Å². The molecule has 0 saturated heterocycles. The molecule has 5 nitrogen and oxygen atoms in total. The van der Waals surface area contributed by atoms with Crippen molar-refractivity contribution in [1.29, 1.82) is 0 Å². The second-order valence-electron chi connectivity index (χ2n) is 6.21. The Morgan fingerprint density at radius 2 is 1.80 bits per heavy atom. The minimum atomic E-state index is -0.372. The molecule has 0 atom stereocenters. The summed E-state index contributed by atoms with van der Waals surface area (Å²) in [5, 5.41) is 0. The van der Waals surface area contributed by atoms with Crippen molar-refractivity contribution in [2.45, 2.75) is 25.7 Å². The largest absolute Gasteiger partial charge is 0.484 e. The smallest absolute Gasteiger partial charge is 0.264 e. The summed E-state index contributed by atoms with van der Waals surface area (Å²) in [5.41, 5.74) is 8.20. The number of hydrogen-bond donors (Lipinski definition) is 1. The normalized spacial score (nSPS) is 13.7. The third-order valence-electron chi connectivity index (χ3n) is 4.33. The first-order chi connectivity index (χ1) is 12.1. The number of primary amides is 1. The van der Waals surface area contributed by atoms with Crippen LogP contribution < -0.4 is 15.4 Å². The van der Waals surface area contributed by atoms with Crippen LogP contribution in [0.4, 0.5) is 5.69 Å². The predicted molar refractivity (Wildman–Crippen MR) is 96.6 cm³/mol. The quantitative estimate of drug-likeness (QED) is 0.910. The number of anilines is 1. The van der Waals surface area contributed by atoms with Gasteiger partial charge >= 0.3 is 0 Å². The van der Waals surface area contributed by atoms with Crippen LogP contribution >= 0.6 is 0 Å². The van der Waals surface area contributed by atoms with E-state index in [0.29, 0.717) is 5.75 Å². The summed E-state index contributed by atoms with van der Waals surface area (Å²) in [4.78, 5) is 25.4. The summed E-state index contributed by atoms with van der Waals surface area (Å²) in [6, 6.07) is 15.1. The van der Waals surface area contributed by atoms with Crippen molar-refractivity contribution < 1.29 is 14.3 Å². The van der Waals surface area contributed by atoms with Crippen molar-refractivity contribution in [1.82, 2.24) is 0 Å². The zero-order valence-electron chi connectivity index (χ0n) is 14.1. The van der Waals surface area contributed by atoms with Gasteiger partial charge in [-0.15, -0.1) is 0 Å². The van der Waals surface area contributed by atoms with Crippen LogP contribution in [0.15, 0.2) is 48.5 Å². The number of fused-ring (bicyclic) bond motifs is 1. The van der Waals surface area contributed by atoms with Gasteiger partial charge in [0.15, 0.2) is 6.61 Å². The van der Waals surface area contributed by atoms with Crippen molar-refractivity contribution >= 4 is 17.5 Å². The highest BCUT2D eigenvalue weighted by Crippen LogP contribution is 2.26. The Hall–Kier alpha value is -2.82. The Morgan fingerprint density at radius 3 is 2.56 bits per heavy atom. The van der Waals surface area contributed by atoms with Gasteiger partial charge in [-0.25, -0.2) is 0 Å². The molecular formula is C20H22N2O3. The molecule has 2 N–H and O–H groups in total. The lowest BCUT2D eigenvalue weighted by Crippen LogP contribution is -2.35. The third-order valence-corrected chi connectivity index (χ3v) is 4.33. The molecular weight excluding hydrogens is 316 g/mol. The lowest BCUT2D eigenvalue weighted by molar-refractivity contribution is -0.120. The molecule has 0 fully saturated rings. The van der Waals surface area contributed by atoms with Gasteiger partial charge in [0.05, 0.1) is 6.42 Å². The van der Waals surface area contributed by atoms with Gasteiger partial charge in [-0.05, 0) is 48.6 Å². The maximum Gasteiger partial charge on any atom is 0.264 e. The summed E-state index contributed by atoms with van der Waals surface area (Å²) in [7, 11) is 0. The number of nitrogens with zero attached hydrogens (tertiary/aromatic N) is 1. The van der Waals surface area contributed by atoms with Gasteiger partial charge in [-0.1, -0.05) is 30.3 Å². The van der Waals surface area contributed by atoms with Crippen LogP contribution in [0.25, 0.3) is 0 Å². The standard InChI is InChI=1S/C20H22N2O3/c21-19(23)13-15-8-10-17(11-9-15)25-14-20(24)22-12-4-3-6-16-5-1-2-7-18(16)22/h1-2,5,7-11H,3-4,6,12-14H2,(H2,21,23). The molecule has 0 saturated carbocycles. The van der Waals surface area contributed by atoms with E-state index in [-0.39, 0.29) is 24.8 Å². The number of carbonyl (C=O) groups is 2. The van der Waals surface area contributed by atoms with Crippen molar-refractivity contribution in [2.24, 2.45) is 5.73 Å². The summed E-state index contributed by atoms with van der Waals surface area (Å²) in [5.74, 6) is 0.184. The molecule has 0 aliphatic carbocycles. The van der Waals surface area contributed by atoms with Crippen LogP contribution in [0.5, 0.6) is 5.75 Å². The minimum absolute atomic E-state index is 0.0104. The second-order valence-corrected chi connectivity index (χ2v) is 6.21. The molecule has 0 bridgehead atoms. The van der Waals surface area contributed by atoms with E-state index in [0.717, 1.165) is 37.1 Å². The highest BCUT2D eigenvalue weighted by atomic mass is 16.5. The van der Waals surface area contributed by atoms with E-state index in [1.165, 1.54) is 5.56 Å². The minimum Gasteiger partial charge on any atom is -0.484 e. The van der Waals surface area contributed by atoms with E-state index in [4.69, 9.17) is 10.5 Å². The Bertz CT molecular complexity index is 756. The summed E-state index contributed by atoms with van der Waals surface area (Å²) < 4.78 is 5.63. The molecule has 0 radical (unpaired) electrons. The molecule has 2 amide bonds. The van der Waals surface area contributed by atoms with Crippen LogP contribution in [-0.2, 0) is 22.4 Å². The summed E-state index contributed by atoms with van der Waals surface area (Å²) in [6.07, 6.45) is 3.27. The van der Waals surface area contributed by atoms with Crippen molar-refractivity contribution in [2.75, 3.05) is 18.1 Å². The Kier molecular flexibility index (Phi) is 5.33. The van der Waals surface area contributed by atoms with E-state index in [9.17, 15) is 9.59 Å². The number of amides is 2. The van der Waals surface area contributed by atoms with Crippen LogP contribution in [0.3, 0.4) is 0 Å². The van der Waals surface area contributed by atoms with Crippen molar-refractivity contribution in [3.05, 3.63) is 59.7 Å². The fraction of sp³-hybridized carbons (Fsp3) is 0.300. The van der Waals surface area contributed by atoms with Crippen molar-refractivity contribution in [3.63, 3.8) is 0 Å². The molecule has 5 heteroatoms. The van der Waals surface area contributed by atoms with E-state index >= 15 is 0 Å². The number of para-hydroxylation sites is 1. The maximum absolute atomic E-state index is 12.6. The molecule has 1 aliphatic rings. The number of ether oxygens (including phenoxy) is 1. The van der Waals surface area contributed by atoms with Crippen LogP contribution in [-0.4, -0.2) is 25.0 Å². The third kappa shape index (κ3) is 4.38. The number of aryl methyl sites for hydroxylation is 1. The number of benzene rings is 2. The maximum atomic E-state index is 12.6. The molecule has 1 aliphatic heterocycles. The molecule has 2 aromatic rings. The zero-order valence-corrected chi connectivity index (χ0v) is 14.1. The molecule has 2 aromatic carbocycles. The SMILES string of the molecule is NC(=O)Cc1ccc(OCC(=O)N2CCCCc3ccccc32)cc1. The van der Waals surface area contributed by atoms with Crippen LogP contribution in [0, 0.1) is 0 Å². The predicted octanol–water partition coefficient (Wildman–Crippen LogP) is 2.46. The van der Waals surface area contributed by atoms with Crippen molar-refractivity contribution in [3.8, 4) is 5.75 Å². The van der Waals surface area contributed by atoms with Gasteiger partial charge in [0.25, 0.3) is 5.91 Å². The number of rotatable bonds is 5. The average Bonchev–Trinajstić information content (AvgIpc) is 2.83. The molecule has 25 heavy (non-hydrogen) atoms. The summed E-state index contributed by atoms with van der Waals surface area (Å²) in [6.45, 7) is 0.709. The average molecular weight is 338 g/mol. The van der Waals surface area contributed by atoms with Gasteiger partial charge in [0.1, 0.15) is 5.75 Å². The highest BCUT2D eigenvalue weighted by Gasteiger charge is 2.21. The first-order valence-corrected chi connectivity index (χ1v) is 8.52. The van der Waals surface area contributed by atoms with Gasteiger partial charge in [-0.3, -0.25) is 9.59 Å². The zero-order chi connectivity index (χ0) is 17.6. The number of nitrogens with two attached hydrogens (primary N) is 1. The van der Waals surface area contributed by atoms with Gasteiger partial charge in [0.2, 0.25) is 5.91 Å². The Morgan fingerprint density at radius 1 is 1.04 bits per heavy atom. The van der Waals surface area contributed by atoms with E-state index < -0.39 is 0 Å². The van der Waals surface area contributed by atoms with Gasteiger partial charge in [-0.2, -0.15) is 0 Å². The fourth-order valence-corrected chi connectivity index (χ4v) is 3.08. The Labute approximate surface area is 147 Å². The lowest BCUT2D eigenvalue weighted by atomic mass is 10.1. The highest BCUT2D eigenvalue weighted by molar-refractivity contribution is 5.95. The molecule has 0 aromatic heterocycles. The molecule has 0 spiro atoms. The Balaban J connectivity index is 1.63. The van der Waals surface area contributed by atoms with E-state index in [1.807, 2.05) is 23.1 Å². The molecule has 1 heterocycles. The van der Waals surface area contributed by atoms with Crippen LogP contribution in [0.2, 0.25) is 0 Å². The second kappa shape index (κ2) is 7.83. The van der Waals surface area contributed by atoms with E-state index in [2.05, 4.69) is 6.07 Å². The monoisotopic (exact) mass is 338 g/mol. The van der Waals surface area contributed by atoms with Crippen LogP contribution in [0.1, 0.15) is 24.0 Å². The first-order valence-electron chi connectivity index (χ1n) is 8.52. The lowest BCUT2D eigenvalue weighted by Gasteiger charge is -2.23. The fourth-order valence-electron chi connectivity index (χ4n) is 3.08. The topological polar surface area (TPSA) is 72.6 Å². The number of carbonyl (C=O) groups excluding carboxylic acids is 2. The number of hydrogen-bond acceptors (Lipinski definition) is 3. The van der Waals surface area contributed by atoms with Gasteiger partial charge < -0.3 is 15.4 Å². The molecule has 3 rings (SSSR count). The van der Waals surface area contributed by atoms with Gasteiger partial charge in [0, 0.05) is 12.2 Å². The molecule has 0 unspecified atom stereocenters. The molecule has 130 valence electrons. The summed E-state index contributed by atoms with van der Waals surface area (Å²) >= 11 is 0.